The molecule has 120 valence electrons. The first-order chi connectivity index (χ1) is 10.8. The van der Waals surface area contributed by atoms with Crippen LogP contribution in [0.1, 0.15) is 10.4 Å². The molecule has 0 bridgehead atoms. The van der Waals surface area contributed by atoms with Gasteiger partial charge in [-0.25, -0.2) is 0 Å². The molecule has 2 rings (SSSR count). The molecule has 0 radical (unpaired) electrons. The van der Waals surface area contributed by atoms with Crippen molar-refractivity contribution in [2.75, 3.05) is 10.6 Å². The lowest BCUT2D eigenvalue weighted by atomic mass is 10.2. The first-order valence-electron chi connectivity index (χ1n) is 6.31. The molecule has 0 unspecified atom stereocenters. The van der Waals surface area contributed by atoms with Gasteiger partial charge in [-0.2, -0.15) is 13.2 Å². The Morgan fingerprint density at radius 1 is 0.913 bits per heavy atom. The lowest BCUT2D eigenvalue weighted by Crippen LogP contribution is -2.29. The second-order valence-electron chi connectivity index (χ2n) is 4.50. The van der Waals surface area contributed by atoms with Crippen LogP contribution in [0.2, 0.25) is 0 Å². The Morgan fingerprint density at radius 3 is 2.13 bits per heavy atom. The van der Waals surface area contributed by atoms with E-state index in [-0.39, 0.29) is 11.4 Å². The Kier molecular flexibility index (Phi) is 5.05. The molecule has 0 saturated carbocycles. The van der Waals surface area contributed by atoms with Crippen molar-refractivity contribution in [3.05, 3.63) is 58.6 Å². The van der Waals surface area contributed by atoms with Gasteiger partial charge in [-0.3, -0.25) is 9.59 Å². The van der Waals surface area contributed by atoms with Crippen molar-refractivity contribution in [1.29, 1.82) is 0 Å². The molecule has 2 amide bonds. The van der Waals surface area contributed by atoms with Crippen LogP contribution in [0.25, 0.3) is 0 Å². The Balaban J connectivity index is 2.11. The zero-order valence-corrected chi connectivity index (χ0v) is 13.0. The highest BCUT2D eigenvalue weighted by molar-refractivity contribution is 9.10. The van der Waals surface area contributed by atoms with E-state index < -0.39 is 18.0 Å². The quantitative estimate of drug-likeness (QED) is 0.830. The summed E-state index contributed by atoms with van der Waals surface area (Å²) >= 11 is 3.24. The Labute approximate surface area is 137 Å². The lowest BCUT2D eigenvalue weighted by Gasteiger charge is -2.10. The Morgan fingerprint density at radius 2 is 1.52 bits per heavy atom. The van der Waals surface area contributed by atoms with Crippen LogP contribution >= 0.6 is 15.9 Å². The maximum atomic E-state index is 12.2. The summed E-state index contributed by atoms with van der Waals surface area (Å²) in [7, 11) is 0. The summed E-state index contributed by atoms with van der Waals surface area (Å²) in [4.78, 5) is 23.0. The van der Waals surface area contributed by atoms with Gasteiger partial charge >= 0.3 is 12.1 Å². The van der Waals surface area contributed by atoms with Crippen molar-refractivity contribution in [2.24, 2.45) is 0 Å². The van der Waals surface area contributed by atoms with Gasteiger partial charge < -0.3 is 10.6 Å². The van der Waals surface area contributed by atoms with E-state index in [4.69, 9.17) is 0 Å². The predicted molar refractivity (Wildman–Crippen MR) is 83.2 cm³/mol. The van der Waals surface area contributed by atoms with Crippen molar-refractivity contribution in [2.45, 2.75) is 6.18 Å². The third kappa shape index (κ3) is 4.82. The fraction of sp³-hybridized carbons (Fsp3) is 0.0667. The van der Waals surface area contributed by atoms with Crippen molar-refractivity contribution in [1.82, 2.24) is 0 Å². The summed E-state index contributed by atoms with van der Waals surface area (Å²) in [6.45, 7) is 0. The van der Waals surface area contributed by atoms with Gasteiger partial charge in [0.1, 0.15) is 0 Å². The van der Waals surface area contributed by atoms with Crippen LogP contribution in [0.5, 0.6) is 0 Å². The number of anilines is 2. The number of amides is 2. The summed E-state index contributed by atoms with van der Waals surface area (Å²) in [6.07, 6.45) is -4.98. The third-order valence-corrected chi connectivity index (χ3v) is 3.22. The van der Waals surface area contributed by atoms with E-state index in [2.05, 4.69) is 21.2 Å². The van der Waals surface area contributed by atoms with Gasteiger partial charge in [0.25, 0.3) is 5.91 Å². The van der Waals surface area contributed by atoms with Crippen molar-refractivity contribution < 1.29 is 22.8 Å². The molecule has 2 aromatic rings. The van der Waals surface area contributed by atoms with Gasteiger partial charge in [-0.15, -0.1) is 0 Å². The molecule has 4 nitrogen and oxygen atoms in total. The number of nitrogens with one attached hydrogen (secondary N) is 2. The fourth-order valence-corrected chi connectivity index (χ4v) is 2.11. The molecule has 0 spiro atoms. The number of hydrogen-bond acceptors (Lipinski definition) is 2. The number of alkyl halides is 3. The van der Waals surface area contributed by atoms with Gasteiger partial charge in [0, 0.05) is 21.4 Å². The summed E-state index contributed by atoms with van der Waals surface area (Å²) in [5, 5.41) is 4.27. The summed E-state index contributed by atoms with van der Waals surface area (Å²) in [5.74, 6) is -2.50. The molecule has 0 fully saturated rings. The van der Waals surface area contributed by atoms with E-state index in [0.29, 0.717) is 5.56 Å². The highest BCUT2D eigenvalue weighted by Gasteiger charge is 2.38. The highest BCUT2D eigenvalue weighted by Crippen LogP contribution is 2.21. The standard InChI is InChI=1S/C15H10BrF3N2O2/c16-10-4-1-3-9(7-10)13(22)20-11-5-2-6-12(8-11)21-14(23)15(17,18)19/h1-8H,(H,20,22)(H,21,23). The monoisotopic (exact) mass is 386 g/mol. The van der Waals surface area contributed by atoms with Gasteiger partial charge in [0.15, 0.2) is 0 Å². The van der Waals surface area contributed by atoms with Crippen molar-refractivity contribution in [3.8, 4) is 0 Å². The summed E-state index contributed by atoms with van der Waals surface area (Å²) < 4.78 is 37.4. The molecule has 8 heteroatoms. The highest BCUT2D eigenvalue weighted by atomic mass is 79.9. The molecule has 0 saturated heterocycles. The molecule has 0 aliphatic heterocycles. The number of benzene rings is 2. The number of hydrogen-bond donors (Lipinski definition) is 2. The minimum atomic E-state index is -4.98. The van der Waals surface area contributed by atoms with Gasteiger partial charge in [-0.1, -0.05) is 28.1 Å². The second-order valence-corrected chi connectivity index (χ2v) is 5.41. The SMILES string of the molecule is O=C(Nc1cccc(NC(=O)C(F)(F)F)c1)c1cccc(Br)c1. The number of halogens is 4. The average Bonchev–Trinajstić information content (AvgIpc) is 2.46. The normalized spacial score (nSPS) is 11.0. The zero-order valence-electron chi connectivity index (χ0n) is 11.4. The minimum absolute atomic E-state index is 0.0700. The van der Waals surface area contributed by atoms with E-state index in [1.165, 1.54) is 24.3 Å². The molecule has 0 atom stereocenters. The first-order valence-corrected chi connectivity index (χ1v) is 7.10. The summed E-state index contributed by atoms with van der Waals surface area (Å²) in [6, 6.07) is 12.1. The Hall–Kier alpha value is -2.35. The molecule has 0 aliphatic carbocycles. The second kappa shape index (κ2) is 6.82. The predicted octanol–water partition coefficient (Wildman–Crippen LogP) is 4.20. The zero-order chi connectivity index (χ0) is 17.0. The molecule has 23 heavy (non-hydrogen) atoms. The van der Waals surface area contributed by atoms with E-state index in [0.717, 1.165) is 4.47 Å². The van der Waals surface area contributed by atoms with Crippen LogP contribution in [-0.2, 0) is 4.79 Å². The Bertz CT molecular complexity index is 747. The van der Waals surface area contributed by atoms with Gasteiger partial charge in [0.05, 0.1) is 0 Å². The van der Waals surface area contributed by atoms with Crippen molar-refractivity contribution >= 4 is 39.1 Å². The van der Waals surface area contributed by atoms with Crippen LogP contribution in [-0.4, -0.2) is 18.0 Å². The molecule has 2 aromatic carbocycles. The minimum Gasteiger partial charge on any atom is -0.322 e. The first kappa shape index (κ1) is 17.0. The topological polar surface area (TPSA) is 58.2 Å². The van der Waals surface area contributed by atoms with E-state index >= 15 is 0 Å². The molecular formula is C15H10BrF3N2O2. The van der Waals surface area contributed by atoms with Crippen molar-refractivity contribution in [3.63, 3.8) is 0 Å². The van der Waals surface area contributed by atoms with E-state index in [1.54, 1.807) is 29.6 Å². The van der Waals surface area contributed by atoms with E-state index in [1.807, 2.05) is 0 Å². The maximum absolute atomic E-state index is 12.2. The average molecular weight is 387 g/mol. The third-order valence-electron chi connectivity index (χ3n) is 2.72. The largest absolute Gasteiger partial charge is 0.471 e. The van der Waals surface area contributed by atoms with Crippen LogP contribution in [0.3, 0.4) is 0 Å². The maximum Gasteiger partial charge on any atom is 0.471 e. The van der Waals surface area contributed by atoms with Crippen LogP contribution in [0.15, 0.2) is 53.0 Å². The molecule has 0 heterocycles. The number of carbonyl (C=O) groups is 2. The van der Waals surface area contributed by atoms with Gasteiger partial charge in [0.2, 0.25) is 0 Å². The van der Waals surface area contributed by atoms with Gasteiger partial charge in [-0.05, 0) is 36.4 Å². The van der Waals surface area contributed by atoms with Crippen LogP contribution < -0.4 is 10.6 Å². The lowest BCUT2D eigenvalue weighted by molar-refractivity contribution is -0.167. The fourth-order valence-electron chi connectivity index (χ4n) is 1.71. The number of rotatable bonds is 3. The summed E-state index contributed by atoms with van der Waals surface area (Å²) in [5.41, 5.74) is 0.568. The van der Waals surface area contributed by atoms with Crippen LogP contribution in [0, 0.1) is 0 Å². The molecule has 0 aliphatic rings. The molecule has 2 N–H and O–H groups in total. The molecular weight excluding hydrogens is 377 g/mol. The molecule has 0 aromatic heterocycles. The smallest absolute Gasteiger partial charge is 0.322 e. The van der Waals surface area contributed by atoms with Crippen LogP contribution in [0.4, 0.5) is 24.5 Å². The van der Waals surface area contributed by atoms with E-state index in [9.17, 15) is 22.8 Å². The number of carbonyl (C=O) groups excluding carboxylic acids is 2.